The van der Waals surface area contributed by atoms with E-state index < -0.39 is 0 Å². The highest BCUT2D eigenvalue weighted by molar-refractivity contribution is 4.89. The Labute approximate surface area is 65.6 Å². The van der Waals surface area contributed by atoms with Crippen molar-refractivity contribution in [2.24, 2.45) is 7.05 Å². The molecule has 0 atom stereocenters. The molecule has 1 aromatic heterocycles. The fraction of sp³-hybridized carbons (Fsp3) is 0.429. The predicted octanol–water partition coefficient (Wildman–Crippen LogP) is -0.462. The van der Waals surface area contributed by atoms with Gasteiger partial charge in [-0.25, -0.2) is 4.98 Å². The summed E-state index contributed by atoms with van der Waals surface area (Å²) in [6.07, 6.45) is 6.57. The Morgan fingerprint density at radius 2 is 2.64 bits per heavy atom. The molecule has 0 unspecified atom stereocenters. The fourth-order valence-electron chi connectivity index (χ4n) is 0.727. The third kappa shape index (κ3) is 2.06. The van der Waals surface area contributed by atoms with Crippen LogP contribution < -0.4 is 5.32 Å². The smallest absolute Gasteiger partial charge is 0.140 e. The molecule has 1 aromatic rings. The van der Waals surface area contributed by atoms with Gasteiger partial charge in [-0.05, 0) is 0 Å². The summed E-state index contributed by atoms with van der Waals surface area (Å²) in [4.78, 5) is 4.01. The summed E-state index contributed by atoms with van der Waals surface area (Å²) in [5, 5.41) is 6.93. The first-order valence-electron chi connectivity index (χ1n) is 3.31. The van der Waals surface area contributed by atoms with Gasteiger partial charge in [0.05, 0.1) is 13.1 Å². The number of terminal acetylenes is 1. The van der Waals surface area contributed by atoms with Gasteiger partial charge >= 0.3 is 0 Å². The maximum Gasteiger partial charge on any atom is 0.140 e. The molecule has 4 heteroatoms. The number of rotatable bonds is 3. The Hall–Kier alpha value is -1.34. The van der Waals surface area contributed by atoms with E-state index in [1.165, 1.54) is 6.33 Å². The fourth-order valence-corrected chi connectivity index (χ4v) is 0.727. The van der Waals surface area contributed by atoms with Crippen molar-refractivity contribution in [2.45, 2.75) is 6.54 Å². The van der Waals surface area contributed by atoms with Crippen LogP contribution in [0.2, 0.25) is 0 Å². The Balaban J connectivity index is 2.40. The lowest BCUT2D eigenvalue weighted by atomic mass is 10.5. The van der Waals surface area contributed by atoms with Gasteiger partial charge in [0.1, 0.15) is 12.2 Å². The van der Waals surface area contributed by atoms with E-state index in [1.807, 2.05) is 7.05 Å². The number of hydrogen-bond acceptors (Lipinski definition) is 3. The Morgan fingerprint density at radius 3 is 3.18 bits per heavy atom. The molecule has 0 amide bonds. The van der Waals surface area contributed by atoms with Crippen molar-refractivity contribution in [3.8, 4) is 12.3 Å². The second kappa shape index (κ2) is 3.74. The summed E-state index contributed by atoms with van der Waals surface area (Å²) in [7, 11) is 1.85. The third-order valence-electron chi connectivity index (χ3n) is 1.32. The zero-order valence-corrected chi connectivity index (χ0v) is 6.41. The summed E-state index contributed by atoms with van der Waals surface area (Å²) in [6.45, 7) is 1.23. The second-order valence-corrected chi connectivity index (χ2v) is 2.11. The second-order valence-electron chi connectivity index (χ2n) is 2.11. The molecule has 0 fully saturated rings. The number of hydrogen-bond donors (Lipinski definition) is 1. The molecule has 1 rings (SSSR count). The van der Waals surface area contributed by atoms with Gasteiger partial charge in [-0.1, -0.05) is 5.92 Å². The number of nitrogens with zero attached hydrogens (tertiary/aromatic N) is 3. The average molecular weight is 150 g/mol. The predicted molar refractivity (Wildman–Crippen MR) is 41.5 cm³/mol. The van der Waals surface area contributed by atoms with Gasteiger partial charge in [0.15, 0.2) is 0 Å². The topological polar surface area (TPSA) is 42.7 Å². The molecule has 4 nitrogen and oxygen atoms in total. The van der Waals surface area contributed by atoms with Crippen LogP contribution in [0.15, 0.2) is 6.33 Å². The van der Waals surface area contributed by atoms with Crippen LogP contribution in [0.5, 0.6) is 0 Å². The molecule has 0 spiro atoms. The molecule has 0 saturated heterocycles. The molecule has 0 aromatic carbocycles. The average Bonchev–Trinajstić information content (AvgIpc) is 2.37. The highest BCUT2D eigenvalue weighted by Crippen LogP contribution is 1.87. The Morgan fingerprint density at radius 1 is 1.82 bits per heavy atom. The van der Waals surface area contributed by atoms with Crippen LogP contribution in [-0.2, 0) is 13.6 Å². The molecule has 0 aliphatic rings. The standard InChI is InChI=1S/C7H10N4/c1-3-4-8-5-7-9-6-10-11(7)2/h1,6,8H,4-5H2,2H3. The molecular formula is C7H10N4. The minimum atomic E-state index is 0.562. The molecular weight excluding hydrogens is 140 g/mol. The van der Waals surface area contributed by atoms with Crippen LogP contribution in [0.1, 0.15) is 5.82 Å². The van der Waals surface area contributed by atoms with Gasteiger partial charge in [-0.15, -0.1) is 6.42 Å². The maximum absolute atomic E-state index is 5.05. The van der Waals surface area contributed by atoms with Crippen LogP contribution >= 0.6 is 0 Å². The minimum absolute atomic E-state index is 0.562. The van der Waals surface area contributed by atoms with Crippen molar-refractivity contribution in [1.82, 2.24) is 20.1 Å². The zero-order valence-electron chi connectivity index (χ0n) is 6.41. The molecule has 0 bridgehead atoms. The molecule has 58 valence electrons. The zero-order chi connectivity index (χ0) is 8.10. The van der Waals surface area contributed by atoms with E-state index in [2.05, 4.69) is 21.3 Å². The van der Waals surface area contributed by atoms with Gasteiger partial charge in [-0.3, -0.25) is 10.00 Å². The lowest BCUT2D eigenvalue weighted by Gasteiger charge is -1.98. The van der Waals surface area contributed by atoms with Crippen molar-refractivity contribution in [3.63, 3.8) is 0 Å². The largest absolute Gasteiger partial charge is 0.299 e. The monoisotopic (exact) mass is 150 g/mol. The summed E-state index contributed by atoms with van der Waals surface area (Å²) < 4.78 is 1.71. The van der Waals surface area contributed by atoms with E-state index in [0.717, 1.165) is 5.82 Å². The van der Waals surface area contributed by atoms with E-state index in [1.54, 1.807) is 4.68 Å². The first-order chi connectivity index (χ1) is 5.34. The molecule has 1 N–H and O–H groups in total. The van der Waals surface area contributed by atoms with E-state index >= 15 is 0 Å². The van der Waals surface area contributed by atoms with Crippen LogP contribution in [0, 0.1) is 12.3 Å². The van der Waals surface area contributed by atoms with E-state index in [9.17, 15) is 0 Å². The molecule has 0 saturated carbocycles. The quantitative estimate of drug-likeness (QED) is 0.468. The van der Waals surface area contributed by atoms with Gasteiger partial charge in [0.25, 0.3) is 0 Å². The highest BCUT2D eigenvalue weighted by atomic mass is 15.3. The molecule has 1 heterocycles. The maximum atomic E-state index is 5.05. The third-order valence-corrected chi connectivity index (χ3v) is 1.32. The first-order valence-corrected chi connectivity index (χ1v) is 3.31. The SMILES string of the molecule is C#CCNCc1ncnn1C. The van der Waals surface area contributed by atoms with Gasteiger partial charge in [-0.2, -0.15) is 5.10 Å². The summed E-state index contributed by atoms with van der Waals surface area (Å²) in [6, 6.07) is 0. The number of nitrogens with one attached hydrogen (secondary N) is 1. The van der Waals surface area contributed by atoms with E-state index in [4.69, 9.17) is 6.42 Å². The molecule has 0 aliphatic carbocycles. The van der Waals surface area contributed by atoms with Crippen molar-refractivity contribution in [2.75, 3.05) is 6.54 Å². The van der Waals surface area contributed by atoms with Crippen molar-refractivity contribution < 1.29 is 0 Å². The van der Waals surface area contributed by atoms with Gasteiger partial charge in [0, 0.05) is 7.05 Å². The summed E-state index contributed by atoms with van der Waals surface area (Å²) >= 11 is 0. The molecule has 11 heavy (non-hydrogen) atoms. The Kier molecular flexibility index (Phi) is 2.64. The normalized spacial score (nSPS) is 9.45. The Bertz CT molecular complexity index is 258. The first kappa shape index (κ1) is 7.76. The van der Waals surface area contributed by atoms with Crippen molar-refractivity contribution in [3.05, 3.63) is 12.2 Å². The summed E-state index contributed by atoms with van der Waals surface area (Å²) in [5.41, 5.74) is 0. The van der Waals surface area contributed by atoms with Crippen molar-refractivity contribution >= 4 is 0 Å². The van der Waals surface area contributed by atoms with Crippen LogP contribution in [0.3, 0.4) is 0 Å². The van der Waals surface area contributed by atoms with Gasteiger partial charge < -0.3 is 0 Å². The lowest BCUT2D eigenvalue weighted by molar-refractivity contribution is 0.645. The number of aromatic nitrogens is 3. The van der Waals surface area contributed by atoms with E-state index in [0.29, 0.717) is 13.1 Å². The number of aryl methyl sites for hydroxylation is 1. The lowest BCUT2D eigenvalue weighted by Crippen LogP contribution is -2.16. The minimum Gasteiger partial charge on any atom is -0.299 e. The van der Waals surface area contributed by atoms with Crippen LogP contribution in [0.4, 0.5) is 0 Å². The summed E-state index contributed by atoms with van der Waals surface area (Å²) in [5.74, 6) is 3.37. The van der Waals surface area contributed by atoms with Crippen molar-refractivity contribution in [1.29, 1.82) is 0 Å². The van der Waals surface area contributed by atoms with Crippen LogP contribution in [0.25, 0.3) is 0 Å². The molecule has 0 radical (unpaired) electrons. The van der Waals surface area contributed by atoms with E-state index in [-0.39, 0.29) is 0 Å². The molecule has 0 aliphatic heterocycles. The highest BCUT2D eigenvalue weighted by Gasteiger charge is 1.96. The van der Waals surface area contributed by atoms with Gasteiger partial charge in [0.2, 0.25) is 0 Å². The van der Waals surface area contributed by atoms with Crippen LogP contribution in [-0.4, -0.2) is 21.3 Å².